The van der Waals surface area contributed by atoms with E-state index in [9.17, 15) is 18.8 Å². The minimum absolute atomic E-state index is 0.0596. The molecule has 8 heteroatoms. The van der Waals surface area contributed by atoms with Crippen LogP contribution in [0, 0.1) is 23.0 Å². The van der Waals surface area contributed by atoms with Crippen molar-refractivity contribution in [3.05, 3.63) is 88.0 Å². The summed E-state index contributed by atoms with van der Waals surface area (Å²) in [6.07, 6.45) is 0. The average Bonchev–Trinajstić information content (AvgIpc) is 2.74. The number of hydrogen-bond acceptors (Lipinski definition) is 6. The lowest BCUT2D eigenvalue weighted by Gasteiger charge is -2.27. The Kier molecular flexibility index (Phi) is 6.55. The minimum atomic E-state index is -1.08. The van der Waals surface area contributed by atoms with E-state index in [4.69, 9.17) is 19.9 Å². The van der Waals surface area contributed by atoms with E-state index in [1.807, 2.05) is 6.07 Å². The molecule has 0 saturated heterocycles. The molecule has 1 heterocycles. The van der Waals surface area contributed by atoms with Gasteiger partial charge in [-0.3, -0.25) is 0 Å². The molecule has 31 heavy (non-hydrogen) atoms. The SMILES string of the molecule is CCOC(=O)C1=C(C)OC(N)=C(C#N)C1c1cccc(COc2cccc(F)c2F)c1. The van der Waals surface area contributed by atoms with Gasteiger partial charge in [0.25, 0.3) is 0 Å². The highest BCUT2D eigenvalue weighted by Crippen LogP contribution is 2.39. The Morgan fingerprint density at radius 2 is 2.00 bits per heavy atom. The van der Waals surface area contributed by atoms with Gasteiger partial charge in [-0.1, -0.05) is 30.3 Å². The normalized spacial score (nSPS) is 15.9. The summed E-state index contributed by atoms with van der Waals surface area (Å²) in [5.74, 6) is -3.58. The quantitative estimate of drug-likeness (QED) is 0.696. The molecule has 1 aliphatic heterocycles. The molecule has 0 saturated carbocycles. The van der Waals surface area contributed by atoms with Crippen molar-refractivity contribution in [2.75, 3.05) is 6.61 Å². The summed E-state index contributed by atoms with van der Waals surface area (Å²) in [6.45, 7) is 3.33. The molecule has 2 N–H and O–H groups in total. The van der Waals surface area contributed by atoms with E-state index in [2.05, 4.69) is 0 Å². The first-order chi connectivity index (χ1) is 14.9. The van der Waals surface area contributed by atoms with Gasteiger partial charge in [0.05, 0.1) is 18.1 Å². The predicted molar refractivity (Wildman–Crippen MR) is 107 cm³/mol. The highest BCUT2D eigenvalue weighted by atomic mass is 19.2. The molecule has 2 aromatic rings. The number of carbonyl (C=O) groups is 1. The van der Waals surface area contributed by atoms with Crippen LogP contribution in [0.25, 0.3) is 0 Å². The molecule has 1 atom stereocenters. The number of benzene rings is 2. The van der Waals surface area contributed by atoms with E-state index < -0.39 is 23.5 Å². The van der Waals surface area contributed by atoms with Gasteiger partial charge in [-0.25, -0.2) is 9.18 Å². The number of nitriles is 1. The van der Waals surface area contributed by atoms with Crippen LogP contribution >= 0.6 is 0 Å². The zero-order valence-electron chi connectivity index (χ0n) is 16.9. The molecule has 160 valence electrons. The maximum Gasteiger partial charge on any atom is 0.338 e. The van der Waals surface area contributed by atoms with Crippen LogP contribution < -0.4 is 10.5 Å². The molecule has 0 aliphatic carbocycles. The Morgan fingerprint density at radius 1 is 1.26 bits per heavy atom. The highest BCUT2D eigenvalue weighted by molar-refractivity contribution is 5.92. The molecule has 2 aromatic carbocycles. The second-order valence-electron chi connectivity index (χ2n) is 6.70. The molecule has 0 radical (unpaired) electrons. The van der Waals surface area contributed by atoms with Gasteiger partial charge in [-0.2, -0.15) is 9.65 Å². The van der Waals surface area contributed by atoms with Crippen LogP contribution in [0.1, 0.15) is 30.9 Å². The predicted octanol–water partition coefficient (Wildman–Crippen LogP) is 4.19. The maximum absolute atomic E-state index is 13.8. The monoisotopic (exact) mass is 426 g/mol. The summed E-state index contributed by atoms with van der Waals surface area (Å²) in [5, 5.41) is 9.64. The van der Waals surface area contributed by atoms with Crippen molar-refractivity contribution in [1.82, 2.24) is 0 Å². The zero-order valence-corrected chi connectivity index (χ0v) is 16.9. The van der Waals surface area contributed by atoms with Gasteiger partial charge in [0.1, 0.15) is 24.0 Å². The molecular formula is C23H20F2N2O4. The third kappa shape index (κ3) is 4.51. The fourth-order valence-corrected chi connectivity index (χ4v) is 3.31. The highest BCUT2D eigenvalue weighted by Gasteiger charge is 2.36. The molecular weight excluding hydrogens is 406 g/mol. The van der Waals surface area contributed by atoms with Gasteiger partial charge >= 0.3 is 5.97 Å². The summed E-state index contributed by atoms with van der Waals surface area (Å²) in [7, 11) is 0. The van der Waals surface area contributed by atoms with Crippen molar-refractivity contribution in [3.8, 4) is 11.8 Å². The van der Waals surface area contributed by atoms with E-state index >= 15 is 0 Å². The Labute approximate surface area is 178 Å². The second-order valence-corrected chi connectivity index (χ2v) is 6.70. The number of halogens is 2. The fourth-order valence-electron chi connectivity index (χ4n) is 3.31. The van der Waals surface area contributed by atoms with Gasteiger partial charge in [-0.05, 0) is 37.1 Å². The summed E-state index contributed by atoms with van der Waals surface area (Å²) in [4.78, 5) is 12.6. The Hall–Kier alpha value is -3.86. The number of esters is 1. The molecule has 0 fully saturated rings. The van der Waals surface area contributed by atoms with E-state index in [-0.39, 0.29) is 41.8 Å². The number of carbonyl (C=O) groups excluding carboxylic acids is 1. The molecule has 0 spiro atoms. The van der Waals surface area contributed by atoms with Crippen LogP contribution in [0.3, 0.4) is 0 Å². The molecule has 0 bridgehead atoms. The molecule has 1 aliphatic rings. The summed E-state index contributed by atoms with van der Waals surface area (Å²) in [5.41, 5.74) is 7.32. The van der Waals surface area contributed by atoms with E-state index in [0.29, 0.717) is 11.1 Å². The van der Waals surface area contributed by atoms with Crippen molar-refractivity contribution < 1.29 is 27.8 Å². The third-order valence-electron chi connectivity index (χ3n) is 4.70. The van der Waals surface area contributed by atoms with Gasteiger partial charge in [-0.15, -0.1) is 0 Å². The molecule has 3 rings (SSSR count). The van der Waals surface area contributed by atoms with Crippen LogP contribution in [-0.4, -0.2) is 12.6 Å². The molecule has 6 nitrogen and oxygen atoms in total. The first kappa shape index (κ1) is 21.8. The van der Waals surface area contributed by atoms with Crippen LogP contribution in [0.2, 0.25) is 0 Å². The first-order valence-corrected chi connectivity index (χ1v) is 9.48. The van der Waals surface area contributed by atoms with Crippen molar-refractivity contribution in [2.24, 2.45) is 5.73 Å². The van der Waals surface area contributed by atoms with Gasteiger partial charge in [0, 0.05) is 0 Å². The lowest BCUT2D eigenvalue weighted by molar-refractivity contribution is -0.139. The number of allylic oxidation sites excluding steroid dienone is 2. The number of hydrogen-bond donors (Lipinski definition) is 1. The lowest BCUT2D eigenvalue weighted by Crippen LogP contribution is -2.25. The van der Waals surface area contributed by atoms with Crippen molar-refractivity contribution >= 4 is 5.97 Å². The Bertz CT molecular complexity index is 1120. The topological polar surface area (TPSA) is 94.6 Å². The van der Waals surface area contributed by atoms with Gasteiger partial charge < -0.3 is 19.9 Å². The Balaban J connectivity index is 1.96. The van der Waals surface area contributed by atoms with Gasteiger partial charge in [0.15, 0.2) is 11.6 Å². The largest absolute Gasteiger partial charge is 0.486 e. The number of nitrogens with zero attached hydrogens (tertiary/aromatic N) is 1. The average molecular weight is 426 g/mol. The lowest BCUT2D eigenvalue weighted by atomic mass is 9.82. The van der Waals surface area contributed by atoms with Gasteiger partial charge in [0.2, 0.25) is 11.7 Å². The van der Waals surface area contributed by atoms with E-state index in [1.165, 1.54) is 12.1 Å². The molecule has 0 aromatic heterocycles. The van der Waals surface area contributed by atoms with Crippen LogP contribution in [0.15, 0.2) is 65.3 Å². The second kappa shape index (κ2) is 9.30. The number of rotatable bonds is 6. The van der Waals surface area contributed by atoms with Crippen molar-refractivity contribution in [3.63, 3.8) is 0 Å². The molecule has 1 unspecified atom stereocenters. The zero-order chi connectivity index (χ0) is 22.5. The Morgan fingerprint density at radius 3 is 2.71 bits per heavy atom. The van der Waals surface area contributed by atoms with Crippen molar-refractivity contribution in [1.29, 1.82) is 5.26 Å². The van der Waals surface area contributed by atoms with Crippen LogP contribution in [-0.2, 0) is 20.9 Å². The number of ether oxygens (including phenoxy) is 3. The fraction of sp³-hybridized carbons (Fsp3) is 0.217. The third-order valence-corrected chi connectivity index (χ3v) is 4.70. The summed E-state index contributed by atoms with van der Waals surface area (Å²) < 4.78 is 43.2. The maximum atomic E-state index is 13.8. The van der Waals surface area contributed by atoms with Crippen LogP contribution in [0.5, 0.6) is 5.75 Å². The van der Waals surface area contributed by atoms with Crippen molar-refractivity contribution in [2.45, 2.75) is 26.4 Å². The molecule has 0 amide bonds. The summed E-state index contributed by atoms with van der Waals surface area (Å²) >= 11 is 0. The van der Waals surface area contributed by atoms with E-state index in [0.717, 1.165) is 6.07 Å². The number of nitrogens with two attached hydrogens (primary N) is 1. The standard InChI is InChI=1S/C23H20F2N2O4/c1-3-29-23(28)19-13(2)31-22(27)16(11-26)20(19)15-7-4-6-14(10-15)12-30-18-9-5-8-17(24)21(18)25/h4-10,20H,3,12,27H2,1-2H3. The minimum Gasteiger partial charge on any atom is -0.486 e. The van der Waals surface area contributed by atoms with Crippen LogP contribution in [0.4, 0.5) is 8.78 Å². The first-order valence-electron chi connectivity index (χ1n) is 9.48. The van der Waals surface area contributed by atoms with E-state index in [1.54, 1.807) is 38.1 Å². The smallest absolute Gasteiger partial charge is 0.338 e. The summed E-state index contributed by atoms with van der Waals surface area (Å²) in [6, 6.07) is 12.5.